The number of unbranched alkanes of at least 4 members (excludes halogenated alkanes) is 3. The molecule has 0 aliphatic rings. The number of anilines is 1. The van der Waals surface area contributed by atoms with Crippen molar-refractivity contribution in [2.75, 3.05) is 19.0 Å². The first-order valence-corrected chi connectivity index (χ1v) is 10.4. The van der Waals surface area contributed by atoms with Crippen LogP contribution in [0.3, 0.4) is 0 Å². The van der Waals surface area contributed by atoms with Crippen LogP contribution in [0.2, 0.25) is 5.02 Å². The normalized spacial score (nSPS) is 10.9. The van der Waals surface area contributed by atoms with Gasteiger partial charge in [-0.25, -0.2) is 0 Å². The summed E-state index contributed by atoms with van der Waals surface area (Å²) >= 11 is 5.78. The zero-order chi connectivity index (χ0) is 23.5. The summed E-state index contributed by atoms with van der Waals surface area (Å²) in [6.45, 7) is 2.72. The minimum absolute atomic E-state index is 0.0520. The van der Waals surface area contributed by atoms with E-state index in [1.165, 1.54) is 25.3 Å². The van der Waals surface area contributed by atoms with Crippen LogP contribution in [-0.4, -0.2) is 24.5 Å². The number of methoxy groups -OCH3 is 1. The van der Waals surface area contributed by atoms with Crippen molar-refractivity contribution >= 4 is 35.0 Å². The molecule has 0 fully saturated rings. The number of nitro groups is 1. The maximum Gasteiger partial charge on any atom is 0.289 e. The molecule has 0 unspecified atom stereocenters. The van der Waals surface area contributed by atoms with Crippen LogP contribution >= 0.6 is 11.6 Å². The van der Waals surface area contributed by atoms with E-state index < -0.39 is 10.8 Å². The first kappa shape index (κ1) is 24.7. The molecule has 0 radical (unpaired) electrons. The first-order valence-electron chi connectivity index (χ1n) is 10.1. The molecule has 32 heavy (non-hydrogen) atoms. The Bertz CT molecular complexity index is 1050. The molecule has 1 amide bonds. The van der Waals surface area contributed by atoms with Crippen LogP contribution in [0.25, 0.3) is 6.08 Å². The van der Waals surface area contributed by atoms with Crippen molar-refractivity contribution in [1.29, 1.82) is 5.26 Å². The minimum Gasteiger partial charge on any atom is -0.493 e. The highest BCUT2D eigenvalue weighted by Crippen LogP contribution is 2.30. The van der Waals surface area contributed by atoms with Gasteiger partial charge in [0.05, 0.1) is 18.6 Å². The van der Waals surface area contributed by atoms with Gasteiger partial charge in [-0.15, -0.1) is 0 Å². The van der Waals surface area contributed by atoms with Gasteiger partial charge in [0.15, 0.2) is 11.5 Å². The zero-order valence-corrected chi connectivity index (χ0v) is 18.6. The van der Waals surface area contributed by atoms with Crippen molar-refractivity contribution in [3.8, 4) is 17.6 Å². The third-order valence-electron chi connectivity index (χ3n) is 4.52. The van der Waals surface area contributed by atoms with Crippen LogP contribution in [0.5, 0.6) is 11.5 Å². The molecule has 1 N–H and O–H groups in total. The molecule has 0 aliphatic carbocycles. The number of rotatable bonds is 11. The zero-order valence-electron chi connectivity index (χ0n) is 17.9. The summed E-state index contributed by atoms with van der Waals surface area (Å²) in [5, 5.41) is 22.9. The second-order valence-electron chi connectivity index (χ2n) is 6.87. The summed E-state index contributed by atoms with van der Waals surface area (Å²) in [5.74, 6) is 0.359. The van der Waals surface area contributed by atoms with Crippen molar-refractivity contribution < 1.29 is 19.2 Å². The Balaban J connectivity index is 2.14. The van der Waals surface area contributed by atoms with Gasteiger partial charge in [-0.1, -0.05) is 43.9 Å². The Morgan fingerprint density at radius 3 is 2.66 bits per heavy atom. The van der Waals surface area contributed by atoms with Crippen LogP contribution < -0.4 is 14.8 Å². The molecular formula is C23H24ClN3O5. The van der Waals surface area contributed by atoms with E-state index in [2.05, 4.69) is 12.2 Å². The maximum atomic E-state index is 12.5. The lowest BCUT2D eigenvalue weighted by atomic mass is 10.1. The first-order chi connectivity index (χ1) is 15.4. The number of amides is 1. The molecule has 2 aromatic rings. The van der Waals surface area contributed by atoms with Gasteiger partial charge in [0.2, 0.25) is 0 Å². The molecule has 0 bridgehead atoms. The van der Waals surface area contributed by atoms with Crippen molar-refractivity contribution in [2.24, 2.45) is 0 Å². The number of halogens is 1. The number of carbonyl (C=O) groups excluding carboxylic acids is 1. The van der Waals surface area contributed by atoms with E-state index in [9.17, 15) is 20.2 Å². The fourth-order valence-corrected chi connectivity index (χ4v) is 3.03. The Morgan fingerprint density at radius 1 is 1.22 bits per heavy atom. The van der Waals surface area contributed by atoms with E-state index in [1.54, 1.807) is 18.2 Å². The number of nitrogens with zero attached hydrogens (tertiary/aromatic N) is 2. The average Bonchev–Trinajstić information content (AvgIpc) is 2.78. The van der Waals surface area contributed by atoms with Gasteiger partial charge in [0, 0.05) is 11.8 Å². The number of nitro benzene ring substituents is 1. The van der Waals surface area contributed by atoms with Gasteiger partial charge in [0.1, 0.15) is 16.7 Å². The van der Waals surface area contributed by atoms with Gasteiger partial charge in [0.25, 0.3) is 11.6 Å². The molecule has 2 aromatic carbocycles. The summed E-state index contributed by atoms with van der Waals surface area (Å²) in [4.78, 5) is 22.9. The molecule has 9 heteroatoms. The Hall–Kier alpha value is -3.57. The summed E-state index contributed by atoms with van der Waals surface area (Å²) in [6.07, 6.45) is 5.74. The number of nitrogens with one attached hydrogen (secondary N) is 1. The molecule has 0 aromatic heterocycles. The Labute approximate surface area is 191 Å². The van der Waals surface area contributed by atoms with E-state index >= 15 is 0 Å². The lowest BCUT2D eigenvalue weighted by Crippen LogP contribution is -2.13. The van der Waals surface area contributed by atoms with E-state index in [1.807, 2.05) is 6.07 Å². The van der Waals surface area contributed by atoms with Crippen LogP contribution in [0.4, 0.5) is 11.4 Å². The highest BCUT2D eigenvalue weighted by Gasteiger charge is 2.16. The predicted molar refractivity (Wildman–Crippen MR) is 123 cm³/mol. The Kier molecular flexibility index (Phi) is 9.51. The van der Waals surface area contributed by atoms with Crippen molar-refractivity contribution in [2.45, 2.75) is 32.6 Å². The molecule has 0 atom stereocenters. The van der Waals surface area contributed by atoms with E-state index in [-0.39, 0.29) is 22.0 Å². The average molecular weight is 458 g/mol. The van der Waals surface area contributed by atoms with Gasteiger partial charge in [-0.3, -0.25) is 14.9 Å². The third-order valence-corrected chi connectivity index (χ3v) is 4.84. The fourth-order valence-electron chi connectivity index (χ4n) is 2.85. The summed E-state index contributed by atoms with van der Waals surface area (Å²) < 4.78 is 11.1. The number of hydrogen-bond donors (Lipinski definition) is 1. The molecule has 0 aliphatic heterocycles. The SMILES string of the molecule is CCCCCCOc1ccc(/C=C(\C#N)C(=O)Nc2ccc(Cl)c([N+](=O)[O-])c2)cc1OC. The standard InChI is InChI=1S/C23H24ClN3O5/c1-3-4-5-6-11-32-21-10-7-16(13-22(21)31-2)12-17(15-25)23(28)26-18-8-9-19(24)20(14-18)27(29)30/h7-10,12-14H,3-6,11H2,1-2H3,(H,26,28)/b17-12+. The van der Waals surface area contributed by atoms with Crippen LogP contribution in [0.15, 0.2) is 42.0 Å². The maximum absolute atomic E-state index is 12.5. The Morgan fingerprint density at radius 2 is 2.00 bits per heavy atom. The van der Waals surface area contributed by atoms with Crippen molar-refractivity contribution in [3.05, 3.63) is 62.7 Å². The molecule has 0 saturated heterocycles. The summed E-state index contributed by atoms with van der Waals surface area (Å²) in [5.41, 5.74) is 0.186. The summed E-state index contributed by atoms with van der Waals surface area (Å²) in [7, 11) is 1.51. The van der Waals surface area contributed by atoms with Crippen LogP contribution in [0.1, 0.15) is 38.2 Å². The second kappa shape index (κ2) is 12.3. The number of ether oxygens (including phenoxy) is 2. The quantitative estimate of drug-likeness (QED) is 0.151. The van der Waals surface area contributed by atoms with Gasteiger partial charge in [-0.05, 0) is 42.3 Å². The van der Waals surface area contributed by atoms with Gasteiger partial charge < -0.3 is 14.8 Å². The van der Waals surface area contributed by atoms with E-state index in [0.717, 1.165) is 31.7 Å². The van der Waals surface area contributed by atoms with Crippen molar-refractivity contribution in [1.82, 2.24) is 0 Å². The lowest BCUT2D eigenvalue weighted by molar-refractivity contribution is -0.384. The third kappa shape index (κ3) is 7.00. The molecule has 168 valence electrons. The second-order valence-corrected chi connectivity index (χ2v) is 7.27. The molecule has 0 spiro atoms. The van der Waals surface area contributed by atoms with Gasteiger partial charge in [-0.2, -0.15) is 5.26 Å². The lowest BCUT2D eigenvalue weighted by Gasteiger charge is -2.11. The number of benzene rings is 2. The molecule has 2 rings (SSSR count). The smallest absolute Gasteiger partial charge is 0.289 e. The van der Waals surface area contributed by atoms with E-state index in [0.29, 0.717) is 23.7 Å². The minimum atomic E-state index is -0.709. The fraction of sp³-hybridized carbons (Fsp3) is 0.304. The number of carbonyl (C=O) groups is 1. The number of nitriles is 1. The highest BCUT2D eigenvalue weighted by molar-refractivity contribution is 6.32. The molecule has 8 nitrogen and oxygen atoms in total. The van der Waals surface area contributed by atoms with Crippen LogP contribution in [0, 0.1) is 21.4 Å². The highest BCUT2D eigenvalue weighted by atomic mass is 35.5. The summed E-state index contributed by atoms with van der Waals surface area (Å²) in [6, 6.07) is 10.8. The monoisotopic (exact) mass is 457 g/mol. The van der Waals surface area contributed by atoms with Gasteiger partial charge >= 0.3 is 0 Å². The molecular weight excluding hydrogens is 434 g/mol. The predicted octanol–water partition coefficient (Wildman–Crippen LogP) is 5.76. The van der Waals surface area contributed by atoms with E-state index in [4.69, 9.17) is 21.1 Å². The largest absolute Gasteiger partial charge is 0.493 e. The van der Waals surface area contributed by atoms with Crippen LogP contribution in [-0.2, 0) is 4.79 Å². The molecule has 0 heterocycles. The topological polar surface area (TPSA) is 114 Å². The molecule has 0 saturated carbocycles. The number of hydrogen-bond acceptors (Lipinski definition) is 6. The van der Waals surface area contributed by atoms with Crippen molar-refractivity contribution in [3.63, 3.8) is 0 Å².